The van der Waals surface area contributed by atoms with Gasteiger partial charge < -0.3 is 9.15 Å². The van der Waals surface area contributed by atoms with Crippen LogP contribution in [0.15, 0.2) is 52.9 Å². The third-order valence-corrected chi connectivity index (χ3v) is 4.21. The fourth-order valence-corrected chi connectivity index (χ4v) is 2.99. The molecule has 0 aliphatic heterocycles. The average Bonchev–Trinajstić information content (AvgIpc) is 3.21. The normalized spacial score (nSPS) is 10.8. The molecule has 4 rings (SSSR count). The molecule has 1 N–H and O–H groups in total. The summed E-state index contributed by atoms with van der Waals surface area (Å²) in [5.74, 6) is 1.24. The number of benzene rings is 2. The summed E-state index contributed by atoms with van der Waals surface area (Å²) in [6.07, 6.45) is 0. The molecular formula is C16H12N4O2S. The number of methoxy groups -OCH3 is 1. The van der Waals surface area contributed by atoms with Gasteiger partial charge in [-0.2, -0.15) is 0 Å². The highest BCUT2D eigenvalue weighted by atomic mass is 32.1. The van der Waals surface area contributed by atoms with Crippen molar-refractivity contribution >= 4 is 32.7 Å². The predicted octanol–water partition coefficient (Wildman–Crippen LogP) is 4.10. The molecule has 2 aromatic heterocycles. The van der Waals surface area contributed by atoms with Crippen molar-refractivity contribution in [1.29, 1.82) is 0 Å². The van der Waals surface area contributed by atoms with Crippen molar-refractivity contribution in [2.45, 2.75) is 0 Å². The molecule has 0 bridgehead atoms. The number of fused-ring (bicyclic) bond motifs is 1. The molecule has 114 valence electrons. The molecule has 0 saturated carbocycles. The van der Waals surface area contributed by atoms with Crippen molar-refractivity contribution in [2.75, 3.05) is 12.4 Å². The average molecular weight is 324 g/mol. The van der Waals surface area contributed by atoms with E-state index in [1.54, 1.807) is 7.11 Å². The summed E-state index contributed by atoms with van der Waals surface area (Å²) >= 11 is 1.51. The molecule has 0 unspecified atom stereocenters. The van der Waals surface area contributed by atoms with E-state index in [2.05, 4.69) is 20.5 Å². The van der Waals surface area contributed by atoms with Crippen LogP contribution in [-0.2, 0) is 0 Å². The van der Waals surface area contributed by atoms with Crippen molar-refractivity contribution < 1.29 is 9.15 Å². The second kappa shape index (κ2) is 5.69. The first-order valence-electron chi connectivity index (χ1n) is 6.92. The smallest absolute Gasteiger partial charge is 0.322 e. The monoisotopic (exact) mass is 324 g/mol. The maximum absolute atomic E-state index is 5.62. The Morgan fingerprint density at radius 3 is 2.78 bits per heavy atom. The van der Waals surface area contributed by atoms with Crippen LogP contribution in [0, 0.1) is 0 Å². The molecule has 0 spiro atoms. The number of anilines is 2. The lowest BCUT2D eigenvalue weighted by atomic mass is 10.2. The SMILES string of the molecule is COc1ccc2sc(Nc3nnc(-c4ccccc4)o3)nc2c1. The van der Waals surface area contributed by atoms with E-state index in [-0.39, 0.29) is 0 Å². The Labute approximate surface area is 135 Å². The van der Waals surface area contributed by atoms with E-state index >= 15 is 0 Å². The zero-order chi connectivity index (χ0) is 15.6. The molecule has 0 fully saturated rings. The molecular weight excluding hydrogens is 312 g/mol. The van der Waals surface area contributed by atoms with Gasteiger partial charge in [-0.3, -0.25) is 5.32 Å². The van der Waals surface area contributed by atoms with E-state index in [9.17, 15) is 0 Å². The number of aromatic nitrogens is 3. The van der Waals surface area contributed by atoms with Crippen molar-refractivity contribution in [3.63, 3.8) is 0 Å². The van der Waals surface area contributed by atoms with Gasteiger partial charge in [0, 0.05) is 11.6 Å². The van der Waals surface area contributed by atoms with Gasteiger partial charge in [0.25, 0.3) is 0 Å². The highest BCUT2D eigenvalue weighted by molar-refractivity contribution is 7.22. The van der Waals surface area contributed by atoms with Gasteiger partial charge in [-0.05, 0) is 24.3 Å². The summed E-state index contributed by atoms with van der Waals surface area (Å²) in [5, 5.41) is 11.8. The molecule has 7 heteroatoms. The Hall–Kier alpha value is -2.93. The molecule has 6 nitrogen and oxygen atoms in total. The highest BCUT2D eigenvalue weighted by Crippen LogP contribution is 2.31. The van der Waals surface area contributed by atoms with Gasteiger partial charge in [0.2, 0.25) is 5.89 Å². The second-order valence-corrected chi connectivity index (χ2v) is 5.79. The number of thiazole rings is 1. The third kappa shape index (κ3) is 2.74. The van der Waals surface area contributed by atoms with Crippen molar-refractivity contribution in [1.82, 2.24) is 15.2 Å². The van der Waals surface area contributed by atoms with Crippen LogP contribution in [0.5, 0.6) is 5.75 Å². The molecule has 2 aromatic carbocycles. The van der Waals surface area contributed by atoms with Gasteiger partial charge in [-0.15, -0.1) is 5.10 Å². The molecule has 0 aliphatic rings. The first-order chi connectivity index (χ1) is 11.3. The maximum atomic E-state index is 5.62. The predicted molar refractivity (Wildman–Crippen MR) is 89.2 cm³/mol. The fraction of sp³-hybridized carbons (Fsp3) is 0.0625. The Morgan fingerprint density at radius 2 is 1.96 bits per heavy atom. The summed E-state index contributed by atoms with van der Waals surface area (Å²) in [5.41, 5.74) is 1.74. The summed E-state index contributed by atoms with van der Waals surface area (Å²) in [4.78, 5) is 4.50. The first-order valence-corrected chi connectivity index (χ1v) is 7.74. The Balaban J connectivity index is 1.60. The lowest BCUT2D eigenvalue weighted by molar-refractivity contribution is 0.415. The Bertz CT molecular complexity index is 949. The molecule has 23 heavy (non-hydrogen) atoms. The van der Waals surface area contributed by atoms with Gasteiger partial charge in [0.15, 0.2) is 5.13 Å². The van der Waals surface area contributed by atoms with Gasteiger partial charge >= 0.3 is 6.01 Å². The van der Waals surface area contributed by atoms with Crippen LogP contribution < -0.4 is 10.1 Å². The summed E-state index contributed by atoms with van der Waals surface area (Å²) in [7, 11) is 1.64. The van der Waals surface area contributed by atoms with Crippen molar-refractivity contribution in [3.05, 3.63) is 48.5 Å². The molecule has 0 amide bonds. The highest BCUT2D eigenvalue weighted by Gasteiger charge is 2.11. The van der Waals surface area contributed by atoms with Crippen LogP contribution >= 0.6 is 11.3 Å². The van der Waals surface area contributed by atoms with E-state index in [1.807, 2.05) is 48.5 Å². The topological polar surface area (TPSA) is 73.1 Å². The van der Waals surface area contributed by atoms with Crippen LogP contribution in [0.25, 0.3) is 21.7 Å². The second-order valence-electron chi connectivity index (χ2n) is 4.76. The third-order valence-electron chi connectivity index (χ3n) is 3.25. The number of rotatable bonds is 4. The molecule has 2 heterocycles. The maximum Gasteiger partial charge on any atom is 0.322 e. The molecule has 0 aliphatic carbocycles. The standard InChI is InChI=1S/C16H12N4O2S/c1-21-11-7-8-13-12(9-11)17-16(23-13)18-15-20-19-14(22-15)10-5-3-2-4-6-10/h2-9H,1H3,(H,17,18,20). The quantitative estimate of drug-likeness (QED) is 0.609. The van der Waals surface area contributed by atoms with Crippen LogP contribution in [0.2, 0.25) is 0 Å². The number of nitrogens with one attached hydrogen (secondary N) is 1. The zero-order valence-electron chi connectivity index (χ0n) is 12.2. The van der Waals surface area contributed by atoms with Gasteiger partial charge in [0.1, 0.15) is 5.75 Å². The molecule has 4 aromatic rings. The number of hydrogen-bond acceptors (Lipinski definition) is 7. The minimum absolute atomic E-state index is 0.315. The summed E-state index contributed by atoms with van der Waals surface area (Å²) < 4.78 is 11.9. The van der Waals surface area contributed by atoms with E-state index in [0.717, 1.165) is 21.5 Å². The number of hydrogen-bond donors (Lipinski definition) is 1. The molecule has 0 saturated heterocycles. The Kier molecular flexibility index (Phi) is 3.39. The van der Waals surface area contributed by atoms with Crippen molar-refractivity contribution in [2.24, 2.45) is 0 Å². The number of ether oxygens (including phenoxy) is 1. The lowest BCUT2D eigenvalue weighted by Crippen LogP contribution is -1.88. The minimum atomic E-state index is 0.315. The van der Waals surface area contributed by atoms with Gasteiger partial charge in [0.05, 0.1) is 17.3 Å². The van der Waals surface area contributed by atoms with E-state index in [1.165, 1.54) is 11.3 Å². The molecule has 0 radical (unpaired) electrons. The van der Waals surface area contributed by atoms with Gasteiger partial charge in [-0.1, -0.05) is 34.6 Å². The molecule has 0 atom stereocenters. The largest absolute Gasteiger partial charge is 0.497 e. The first kappa shape index (κ1) is 13.7. The van der Waals surface area contributed by atoms with E-state index in [4.69, 9.17) is 9.15 Å². The Morgan fingerprint density at radius 1 is 1.09 bits per heavy atom. The summed E-state index contributed by atoms with van der Waals surface area (Å²) in [6, 6.07) is 15.7. The van der Waals surface area contributed by atoms with Crippen LogP contribution in [0.1, 0.15) is 0 Å². The van der Waals surface area contributed by atoms with Gasteiger partial charge in [-0.25, -0.2) is 4.98 Å². The van der Waals surface area contributed by atoms with Crippen LogP contribution in [0.3, 0.4) is 0 Å². The summed E-state index contributed by atoms with van der Waals surface area (Å²) in [6.45, 7) is 0. The fourth-order valence-electron chi connectivity index (χ4n) is 2.15. The van der Waals surface area contributed by atoms with Crippen LogP contribution in [0.4, 0.5) is 11.1 Å². The number of nitrogens with zero attached hydrogens (tertiary/aromatic N) is 3. The van der Waals surface area contributed by atoms with Crippen molar-refractivity contribution in [3.8, 4) is 17.2 Å². The van der Waals surface area contributed by atoms with Crippen LogP contribution in [-0.4, -0.2) is 22.3 Å². The minimum Gasteiger partial charge on any atom is -0.497 e. The lowest BCUT2D eigenvalue weighted by Gasteiger charge is -1.96. The van der Waals surface area contributed by atoms with E-state index < -0.39 is 0 Å². The van der Waals surface area contributed by atoms with E-state index in [0.29, 0.717) is 17.0 Å². The zero-order valence-corrected chi connectivity index (χ0v) is 13.0.